The quantitative estimate of drug-likeness (QED) is 0.764. The van der Waals surface area contributed by atoms with Crippen LogP contribution in [0.1, 0.15) is 32.6 Å². The summed E-state index contributed by atoms with van der Waals surface area (Å²) in [5.41, 5.74) is 0. The molecular weight excluding hydrogens is 260 g/mol. The van der Waals surface area contributed by atoms with E-state index < -0.39 is 0 Å². The zero-order chi connectivity index (χ0) is 15.1. The van der Waals surface area contributed by atoms with Crippen molar-refractivity contribution in [3.05, 3.63) is 24.2 Å². The Hall–Kier alpha value is -1.82. The van der Waals surface area contributed by atoms with Crippen LogP contribution < -0.4 is 5.32 Å². The standard InChI is InChI=1S/C14H22N2O4/c1-10(2)16(9-14(18)19-4)8-13(17)15-11(3)12-6-5-7-20-12/h5-7,10-11H,8-9H2,1-4H3,(H,15,17). The van der Waals surface area contributed by atoms with E-state index in [9.17, 15) is 9.59 Å². The molecule has 1 amide bonds. The Bertz CT molecular complexity index is 428. The number of amides is 1. The van der Waals surface area contributed by atoms with Crippen LogP contribution in [0.25, 0.3) is 0 Å². The normalized spacial score (nSPS) is 12.5. The van der Waals surface area contributed by atoms with Gasteiger partial charge in [-0.3, -0.25) is 14.5 Å². The SMILES string of the molecule is COC(=O)CN(CC(=O)NC(C)c1ccco1)C(C)C. The fourth-order valence-corrected chi connectivity index (χ4v) is 1.73. The Kier molecular flexibility index (Phi) is 6.24. The number of methoxy groups -OCH3 is 1. The minimum Gasteiger partial charge on any atom is -0.468 e. The van der Waals surface area contributed by atoms with E-state index in [-0.39, 0.29) is 37.0 Å². The molecule has 0 aliphatic carbocycles. The summed E-state index contributed by atoms with van der Waals surface area (Å²) in [4.78, 5) is 25.0. The first-order valence-corrected chi connectivity index (χ1v) is 6.57. The molecule has 1 aromatic rings. The third kappa shape index (κ3) is 5.05. The van der Waals surface area contributed by atoms with Crippen molar-refractivity contribution >= 4 is 11.9 Å². The maximum absolute atomic E-state index is 12.0. The molecule has 0 aliphatic rings. The molecule has 0 spiro atoms. The summed E-state index contributed by atoms with van der Waals surface area (Å²) in [6.07, 6.45) is 1.57. The summed E-state index contributed by atoms with van der Waals surface area (Å²) < 4.78 is 9.85. The van der Waals surface area contributed by atoms with Crippen LogP contribution in [0.4, 0.5) is 0 Å². The first-order valence-electron chi connectivity index (χ1n) is 6.57. The van der Waals surface area contributed by atoms with Gasteiger partial charge in [-0.15, -0.1) is 0 Å². The van der Waals surface area contributed by atoms with E-state index in [1.807, 2.05) is 20.8 Å². The lowest BCUT2D eigenvalue weighted by atomic mass is 10.2. The molecule has 6 heteroatoms. The largest absolute Gasteiger partial charge is 0.468 e. The molecule has 20 heavy (non-hydrogen) atoms. The van der Waals surface area contributed by atoms with E-state index in [1.165, 1.54) is 7.11 Å². The van der Waals surface area contributed by atoms with E-state index >= 15 is 0 Å². The molecule has 0 aliphatic heterocycles. The Morgan fingerprint density at radius 2 is 2.05 bits per heavy atom. The molecule has 1 N–H and O–H groups in total. The van der Waals surface area contributed by atoms with Crippen molar-refractivity contribution in [1.29, 1.82) is 0 Å². The number of nitrogens with zero attached hydrogens (tertiary/aromatic N) is 1. The second-order valence-electron chi connectivity index (χ2n) is 4.88. The fraction of sp³-hybridized carbons (Fsp3) is 0.571. The van der Waals surface area contributed by atoms with Crippen molar-refractivity contribution in [2.75, 3.05) is 20.2 Å². The predicted octanol–water partition coefficient (Wildman–Crippen LogP) is 1.34. The molecule has 112 valence electrons. The average Bonchev–Trinajstić information content (AvgIpc) is 2.91. The van der Waals surface area contributed by atoms with Gasteiger partial charge in [0.2, 0.25) is 5.91 Å². The third-order valence-corrected chi connectivity index (χ3v) is 2.98. The number of rotatable bonds is 7. The van der Waals surface area contributed by atoms with E-state index in [1.54, 1.807) is 23.3 Å². The zero-order valence-electron chi connectivity index (χ0n) is 12.4. The fourth-order valence-electron chi connectivity index (χ4n) is 1.73. The van der Waals surface area contributed by atoms with Crippen LogP contribution in [0.5, 0.6) is 0 Å². The minimum atomic E-state index is -0.356. The highest BCUT2D eigenvalue weighted by atomic mass is 16.5. The predicted molar refractivity (Wildman–Crippen MR) is 74.0 cm³/mol. The van der Waals surface area contributed by atoms with Crippen LogP contribution in [0.15, 0.2) is 22.8 Å². The van der Waals surface area contributed by atoms with E-state index in [0.29, 0.717) is 5.76 Å². The molecule has 0 fully saturated rings. The van der Waals surface area contributed by atoms with Crippen LogP contribution in [0.2, 0.25) is 0 Å². The van der Waals surface area contributed by atoms with Gasteiger partial charge >= 0.3 is 5.97 Å². The average molecular weight is 282 g/mol. The molecule has 0 saturated heterocycles. The van der Waals surface area contributed by atoms with Crippen molar-refractivity contribution in [2.45, 2.75) is 32.9 Å². The van der Waals surface area contributed by atoms with Gasteiger partial charge in [0.15, 0.2) is 0 Å². The van der Waals surface area contributed by atoms with Gasteiger partial charge < -0.3 is 14.5 Å². The molecule has 6 nitrogen and oxygen atoms in total. The molecule has 0 radical (unpaired) electrons. The van der Waals surface area contributed by atoms with Crippen LogP contribution in [-0.4, -0.2) is 43.0 Å². The number of furan rings is 1. The molecule has 1 rings (SSSR count). The van der Waals surface area contributed by atoms with Gasteiger partial charge in [-0.25, -0.2) is 0 Å². The van der Waals surface area contributed by atoms with Gasteiger partial charge in [0.1, 0.15) is 5.76 Å². The Balaban J connectivity index is 2.51. The number of carbonyl (C=O) groups excluding carboxylic acids is 2. The summed E-state index contributed by atoms with van der Waals surface area (Å²) in [6.45, 7) is 5.92. The van der Waals surface area contributed by atoms with E-state index in [2.05, 4.69) is 10.1 Å². The number of carbonyl (C=O) groups is 2. The number of ether oxygens (including phenoxy) is 1. The van der Waals surface area contributed by atoms with Crippen LogP contribution in [-0.2, 0) is 14.3 Å². The summed E-state index contributed by atoms with van der Waals surface area (Å²) in [5, 5.41) is 2.83. The lowest BCUT2D eigenvalue weighted by Crippen LogP contribution is -2.44. The van der Waals surface area contributed by atoms with Gasteiger partial charge in [-0.2, -0.15) is 0 Å². The monoisotopic (exact) mass is 282 g/mol. The number of hydrogen-bond acceptors (Lipinski definition) is 5. The summed E-state index contributed by atoms with van der Waals surface area (Å²) in [6, 6.07) is 3.44. The highest BCUT2D eigenvalue weighted by Crippen LogP contribution is 2.12. The summed E-state index contributed by atoms with van der Waals surface area (Å²) in [7, 11) is 1.33. The third-order valence-electron chi connectivity index (χ3n) is 2.98. The van der Waals surface area contributed by atoms with Gasteiger partial charge in [0, 0.05) is 6.04 Å². The minimum absolute atomic E-state index is 0.0683. The van der Waals surface area contributed by atoms with E-state index in [4.69, 9.17) is 4.42 Å². The van der Waals surface area contributed by atoms with Crippen LogP contribution >= 0.6 is 0 Å². The second kappa shape index (κ2) is 7.69. The lowest BCUT2D eigenvalue weighted by molar-refractivity contribution is -0.142. The van der Waals surface area contributed by atoms with Crippen molar-refractivity contribution in [3.8, 4) is 0 Å². The molecule has 0 aromatic carbocycles. The maximum atomic E-state index is 12.0. The van der Waals surface area contributed by atoms with E-state index in [0.717, 1.165) is 0 Å². The highest BCUT2D eigenvalue weighted by Gasteiger charge is 2.19. The first kappa shape index (κ1) is 16.2. The van der Waals surface area contributed by atoms with Gasteiger partial charge in [-0.05, 0) is 32.9 Å². The van der Waals surface area contributed by atoms with Crippen molar-refractivity contribution in [2.24, 2.45) is 0 Å². The lowest BCUT2D eigenvalue weighted by Gasteiger charge is -2.25. The number of hydrogen-bond donors (Lipinski definition) is 1. The Labute approximate surface area is 119 Å². The topological polar surface area (TPSA) is 71.8 Å². The summed E-state index contributed by atoms with van der Waals surface area (Å²) in [5.74, 6) is 0.180. The Morgan fingerprint density at radius 3 is 2.55 bits per heavy atom. The molecule has 1 aromatic heterocycles. The van der Waals surface area contributed by atoms with Gasteiger partial charge in [0.25, 0.3) is 0 Å². The van der Waals surface area contributed by atoms with Crippen molar-refractivity contribution in [3.63, 3.8) is 0 Å². The molecular formula is C14H22N2O4. The molecule has 1 unspecified atom stereocenters. The molecule has 1 heterocycles. The second-order valence-corrected chi connectivity index (χ2v) is 4.88. The molecule has 0 saturated carbocycles. The van der Waals surface area contributed by atoms with Gasteiger partial charge in [-0.1, -0.05) is 0 Å². The Morgan fingerprint density at radius 1 is 1.35 bits per heavy atom. The van der Waals surface area contributed by atoms with Crippen LogP contribution in [0.3, 0.4) is 0 Å². The number of esters is 1. The smallest absolute Gasteiger partial charge is 0.319 e. The zero-order valence-corrected chi connectivity index (χ0v) is 12.4. The number of nitrogens with one attached hydrogen (secondary N) is 1. The van der Waals surface area contributed by atoms with Gasteiger partial charge in [0.05, 0.1) is 32.5 Å². The summed E-state index contributed by atoms with van der Waals surface area (Å²) >= 11 is 0. The van der Waals surface area contributed by atoms with Crippen molar-refractivity contribution in [1.82, 2.24) is 10.2 Å². The first-order chi connectivity index (χ1) is 9.43. The maximum Gasteiger partial charge on any atom is 0.319 e. The van der Waals surface area contributed by atoms with Crippen LogP contribution in [0, 0.1) is 0 Å². The van der Waals surface area contributed by atoms with Crippen molar-refractivity contribution < 1.29 is 18.7 Å². The molecule has 1 atom stereocenters. The highest BCUT2D eigenvalue weighted by molar-refractivity contribution is 5.79. The molecule has 0 bridgehead atoms.